The van der Waals surface area contributed by atoms with Gasteiger partial charge in [-0.05, 0) is 24.5 Å². The molecule has 0 fully saturated rings. The molecular formula is C17H24N2O2. The average Bonchev–Trinajstić information content (AvgIpc) is 2.63. The summed E-state index contributed by atoms with van der Waals surface area (Å²) in [6.45, 7) is 7.88. The zero-order valence-electron chi connectivity index (χ0n) is 13.3. The molecule has 21 heavy (non-hydrogen) atoms. The highest BCUT2D eigenvalue weighted by atomic mass is 16.4. The van der Waals surface area contributed by atoms with Crippen molar-refractivity contribution in [1.29, 1.82) is 0 Å². The van der Waals surface area contributed by atoms with E-state index in [1.54, 1.807) is 0 Å². The Morgan fingerprint density at radius 1 is 1.33 bits per heavy atom. The van der Waals surface area contributed by atoms with Crippen molar-refractivity contribution in [1.82, 2.24) is 9.47 Å². The maximum Gasteiger partial charge on any atom is 0.317 e. The van der Waals surface area contributed by atoms with Gasteiger partial charge in [-0.15, -0.1) is 0 Å². The van der Waals surface area contributed by atoms with E-state index in [-0.39, 0.29) is 6.54 Å². The van der Waals surface area contributed by atoms with Crippen molar-refractivity contribution >= 4 is 16.9 Å². The number of rotatable bonds is 6. The monoisotopic (exact) mass is 288 g/mol. The molecule has 4 nitrogen and oxygen atoms in total. The quantitative estimate of drug-likeness (QED) is 0.888. The molecule has 1 aromatic heterocycles. The molecule has 0 spiro atoms. The van der Waals surface area contributed by atoms with Crippen molar-refractivity contribution < 1.29 is 9.90 Å². The van der Waals surface area contributed by atoms with Crippen LogP contribution in [0.3, 0.4) is 0 Å². The molecule has 0 saturated heterocycles. The van der Waals surface area contributed by atoms with Gasteiger partial charge in [0.1, 0.15) is 0 Å². The van der Waals surface area contributed by atoms with Gasteiger partial charge >= 0.3 is 5.97 Å². The molecule has 4 heteroatoms. The predicted molar refractivity (Wildman–Crippen MR) is 85.4 cm³/mol. The highest BCUT2D eigenvalue weighted by Crippen LogP contribution is 2.25. The van der Waals surface area contributed by atoms with Crippen LogP contribution in [0.4, 0.5) is 0 Å². The van der Waals surface area contributed by atoms with Gasteiger partial charge in [0, 0.05) is 36.7 Å². The van der Waals surface area contributed by atoms with E-state index in [1.165, 1.54) is 22.2 Å². The van der Waals surface area contributed by atoms with Gasteiger partial charge in [-0.25, -0.2) is 0 Å². The highest BCUT2D eigenvalue weighted by molar-refractivity contribution is 5.85. The predicted octanol–water partition coefficient (Wildman–Crippen LogP) is 3.03. The van der Waals surface area contributed by atoms with E-state index in [0.717, 1.165) is 6.54 Å². The number of aromatic nitrogens is 1. The Balaban J connectivity index is 2.34. The third-order valence-corrected chi connectivity index (χ3v) is 3.86. The Kier molecular flexibility index (Phi) is 4.68. The van der Waals surface area contributed by atoms with Crippen LogP contribution in [0, 0.1) is 12.8 Å². The van der Waals surface area contributed by atoms with Gasteiger partial charge in [-0.3, -0.25) is 9.69 Å². The fraction of sp³-hybridized carbons (Fsp3) is 0.471. The summed E-state index contributed by atoms with van der Waals surface area (Å²) < 4.78 is 2.18. The van der Waals surface area contributed by atoms with Gasteiger partial charge < -0.3 is 9.67 Å². The lowest BCUT2D eigenvalue weighted by Gasteiger charge is -2.23. The molecule has 1 aromatic carbocycles. The number of carbonyl (C=O) groups is 1. The van der Waals surface area contributed by atoms with Crippen molar-refractivity contribution in [3.05, 3.63) is 35.5 Å². The van der Waals surface area contributed by atoms with Crippen LogP contribution in [0.5, 0.6) is 0 Å². The molecule has 0 aliphatic heterocycles. The van der Waals surface area contributed by atoms with E-state index in [0.29, 0.717) is 12.5 Å². The zero-order chi connectivity index (χ0) is 15.6. The third kappa shape index (κ3) is 3.45. The van der Waals surface area contributed by atoms with Crippen LogP contribution in [0.25, 0.3) is 10.9 Å². The fourth-order valence-electron chi connectivity index (χ4n) is 2.96. The molecule has 114 valence electrons. The first-order chi connectivity index (χ1) is 9.90. The molecule has 0 unspecified atom stereocenters. The summed E-state index contributed by atoms with van der Waals surface area (Å²) in [5, 5.41) is 10.3. The molecular weight excluding hydrogens is 264 g/mol. The smallest absolute Gasteiger partial charge is 0.317 e. The van der Waals surface area contributed by atoms with Crippen LogP contribution in [-0.4, -0.2) is 33.6 Å². The molecule has 1 N–H and O–H groups in total. The molecule has 0 amide bonds. The summed E-state index contributed by atoms with van der Waals surface area (Å²) in [6.07, 6.45) is 0. The fourth-order valence-corrected chi connectivity index (χ4v) is 2.96. The Hall–Kier alpha value is -1.81. The number of aryl methyl sites for hydroxylation is 2. The van der Waals surface area contributed by atoms with E-state index >= 15 is 0 Å². The van der Waals surface area contributed by atoms with Crippen molar-refractivity contribution in [2.45, 2.75) is 27.3 Å². The van der Waals surface area contributed by atoms with Crippen LogP contribution in [0.2, 0.25) is 0 Å². The summed E-state index contributed by atoms with van der Waals surface area (Å²) in [7, 11) is 2.05. The van der Waals surface area contributed by atoms with Crippen molar-refractivity contribution in [2.24, 2.45) is 13.0 Å². The summed E-state index contributed by atoms with van der Waals surface area (Å²) in [5.74, 6) is -0.327. The summed E-state index contributed by atoms with van der Waals surface area (Å²) in [6, 6.07) is 8.31. The van der Waals surface area contributed by atoms with E-state index in [1.807, 2.05) is 17.0 Å². The Bertz CT molecular complexity index is 605. The molecule has 2 rings (SSSR count). The largest absolute Gasteiger partial charge is 0.480 e. The molecule has 0 bridgehead atoms. The van der Waals surface area contributed by atoms with Gasteiger partial charge in [0.25, 0.3) is 0 Å². The van der Waals surface area contributed by atoms with Gasteiger partial charge in [0.15, 0.2) is 0 Å². The van der Waals surface area contributed by atoms with E-state index in [2.05, 4.69) is 44.5 Å². The molecule has 0 aliphatic carbocycles. The summed E-state index contributed by atoms with van der Waals surface area (Å²) in [5.41, 5.74) is 3.63. The normalized spacial score (nSPS) is 11.7. The van der Waals surface area contributed by atoms with Gasteiger partial charge in [0.2, 0.25) is 0 Å². The summed E-state index contributed by atoms with van der Waals surface area (Å²) in [4.78, 5) is 13.1. The standard InChI is InChI=1S/C17H24N2O2/c1-12(2)9-19(11-17(20)21)10-16-13(3)14-7-5-6-8-15(14)18(16)4/h5-8,12H,9-11H2,1-4H3,(H,20,21). The zero-order valence-corrected chi connectivity index (χ0v) is 13.3. The second-order valence-electron chi connectivity index (χ2n) is 6.11. The number of benzene rings is 1. The van der Waals surface area contributed by atoms with Crippen molar-refractivity contribution in [2.75, 3.05) is 13.1 Å². The molecule has 0 saturated carbocycles. The Morgan fingerprint density at radius 3 is 2.57 bits per heavy atom. The topological polar surface area (TPSA) is 45.5 Å². The van der Waals surface area contributed by atoms with Gasteiger partial charge in [-0.1, -0.05) is 32.0 Å². The van der Waals surface area contributed by atoms with Gasteiger partial charge in [0.05, 0.1) is 6.54 Å². The molecule has 0 atom stereocenters. The Morgan fingerprint density at radius 2 is 2.00 bits per heavy atom. The lowest BCUT2D eigenvalue weighted by molar-refractivity contribution is -0.138. The SMILES string of the molecule is Cc1c(CN(CC(=O)O)CC(C)C)n(C)c2ccccc12. The Labute approximate surface area is 126 Å². The highest BCUT2D eigenvalue weighted by Gasteiger charge is 2.17. The third-order valence-electron chi connectivity index (χ3n) is 3.86. The number of aliphatic carboxylic acids is 1. The molecule has 0 aliphatic rings. The number of carboxylic acids is 1. The minimum absolute atomic E-state index is 0.0825. The number of hydrogen-bond donors (Lipinski definition) is 1. The van der Waals surface area contributed by atoms with E-state index in [9.17, 15) is 4.79 Å². The minimum atomic E-state index is -0.771. The van der Waals surface area contributed by atoms with Crippen molar-refractivity contribution in [3.63, 3.8) is 0 Å². The first kappa shape index (κ1) is 15.6. The maximum atomic E-state index is 11.1. The molecule has 1 heterocycles. The lowest BCUT2D eigenvalue weighted by atomic mass is 10.1. The first-order valence-corrected chi connectivity index (χ1v) is 7.37. The second-order valence-corrected chi connectivity index (χ2v) is 6.11. The minimum Gasteiger partial charge on any atom is -0.480 e. The molecule has 0 radical (unpaired) electrons. The van der Waals surface area contributed by atoms with Gasteiger partial charge in [-0.2, -0.15) is 0 Å². The molecule has 2 aromatic rings. The number of hydrogen-bond acceptors (Lipinski definition) is 2. The average molecular weight is 288 g/mol. The number of carboxylic acid groups (broad SMARTS) is 1. The van der Waals surface area contributed by atoms with Crippen LogP contribution in [-0.2, 0) is 18.4 Å². The number of nitrogens with zero attached hydrogens (tertiary/aromatic N) is 2. The van der Waals surface area contributed by atoms with Crippen molar-refractivity contribution in [3.8, 4) is 0 Å². The second kappa shape index (κ2) is 6.31. The number of fused-ring (bicyclic) bond motifs is 1. The van der Waals surface area contributed by atoms with E-state index in [4.69, 9.17) is 5.11 Å². The van der Waals surface area contributed by atoms with E-state index < -0.39 is 5.97 Å². The van der Waals surface area contributed by atoms with Crippen LogP contribution in [0.1, 0.15) is 25.1 Å². The maximum absolute atomic E-state index is 11.1. The van der Waals surface area contributed by atoms with Crippen LogP contribution in [0.15, 0.2) is 24.3 Å². The van der Waals surface area contributed by atoms with Crippen LogP contribution < -0.4 is 0 Å². The van der Waals surface area contributed by atoms with Crippen LogP contribution >= 0.6 is 0 Å². The first-order valence-electron chi connectivity index (χ1n) is 7.37. The number of para-hydroxylation sites is 1. The lowest BCUT2D eigenvalue weighted by Crippen LogP contribution is -2.33. The summed E-state index contributed by atoms with van der Waals surface area (Å²) >= 11 is 0.